The number of nitrogens with two attached hydrogens (primary N) is 1. The highest BCUT2D eigenvalue weighted by atomic mass is 15.1. The quantitative estimate of drug-likeness (QED) is 0.639. The van der Waals surface area contributed by atoms with Gasteiger partial charge in [0.05, 0.1) is 23.8 Å². The van der Waals surface area contributed by atoms with Gasteiger partial charge in [-0.2, -0.15) is 5.10 Å². The molecule has 0 radical (unpaired) electrons. The summed E-state index contributed by atoms with van der Waals surface area (Å²) in [6, 6.07) is 3.59. The molecule has 13 heavy (non-hydrogen) atoms. The van der Waals surface area contributed by atoms with Crippen LogP contribution in [0.3, 0.4) is 0 Å². The fraction of sp³-hybridized carbons (Fsp3) is 0. The van der Waals surface area contributed by atoms with Gasteiger partial charge in [0.1, 0.15) is 5.82 Å². The van der Waals surface area contributed by atoms with Gasteiger partial charge in [-0.1, -0.05) is 0 Å². The second-order valence-corrected chi connectivity index (χ2v) is 2.59. The molecule has 2 aromatic rings. The first kappa shape index (κ1) is 7.60. The predicted octanol–water partition coefficient (Wildman–Crippen LogP) is 1.13. The molecule has 5 nitrogen and oxygen atoms in total. The third kappa shape index (κ3) is 1.76. The van der Waals surface area contributed by atoms with Gasteiger partial charge in [-0.05, 0) is 12.1 Å². The third-order valence-electron chi connectivity index (χ3n) is 1.56. The molecule has 0 fully saturated rings. The second kappa shape index (κ2) is 3.14. The maximum Gasteiger partial charge on any atom is 0.130 e. The lowest BCUT2D eigenvalue weighted by Gasteiger charge is -2.01. The van der Waals surface area contributed by atoms with E-state index >= 15 is 0 Å². The van der Waals surface area contributed by atoms with E-state index in [0.29, 0.717) is 5.69 Å². The number of nitrogens with one attached hydrogen (secondary N) is 2. The van der Waals surface area contributed by atoms with E-state index in [2.05, 4.69) is 20.5 Å². The van der Waals surface area contributed by atoms with E-state index < -0.39 is 0 Å². The van der Waals surface area contributed by atoms with Crippen molar-refractivity contribution < 1.29 is 0 Å². The molecule has 0 aliphatic carbocycles. The first-order valence-electron chi connectivity index (χ1n) is 3.82. The zero-order chi connectivity index (χ0) is 9.10. The summed E-state index contributed by atoms with van der Waals surface area (Å²) in [4.78, 5) is 4.08. The Labute approximate surface area is 75.0 Å². The second-order valence-electron chi connectivity index (χ2n) is 2.59. The topological polar surface area (TPSA) is 79.6 Å². The van der Waals surface area contributed by atoms with Gasteiger partial charge in [0, 0.05) is 6.20 Å². The smallest absolute Gasteiger partial charge is 0.130 e. The first-order chi connectivity index (χ1) is 6.34. The number of anilines is 3. The Morgan fingerprint density at radius 1 is 1.31 bits per heavy atom. The van der Waals surface area contributed by atoms with Gasteiger partial charge in [0.25, 0.3) is 0 Å². The molecule has 0 atom stereocenters. The van der Waals surface area contributed by atoms with Gasteiger partial charge in [0.15, 0.2) is 0 Å². The zero-order valence-corrected chi connectivity index (χ0v) is 6.86. The van der Waals surface area contributed by atoms with Crippen LogP contribution in [0.15, 0.2) is 30.7 Å². The molecule has 0 aliphatic rings. The van der Waals surface area contributed by atoms with Gasteiger partial charge in [0.2, 0.25) is 0 Å². The Kier molecular flexibility index (Phi) is 1.84. The summed E-state index contributed by atoms with van der Waals surface area (Å²) >= 11 is 0. The van der Waals surface area contributed by atoms with E-state index in [1.807, 2.05) is 6.07 Å². The zero-order valence-electron chi connectivity index (χ0n) is 6.86. The number of hydrogen-bond acceptors (Lipinski definition) is 4. The SMILES string of the molecule is Nc1ccc(Nc2cn[nH]c2)nc1. The van der Waals surface area contributed by atoms with Crippen molar-refractivity contribution in [2.24, 2.45) is 0 Å². The molecular weight excluding hydrogens is 166 g/mol. The minimum atomic E-state index is 0.651. The van der Waals surface area contributed by atoms with Crippen LogP contribution >= 0.6 is 0 Å². The molecule has 0 unspecified atom stereocenters. The van der Waals surface area contributed by atoms with Crippen LogP contribution in [0.4, 0.5) is 17.2 Å². The van der Waals surface area contributed by atoms with Crippen LogP contribution in [0.1, 0.15) is 0 Å². The van der Waals surface area contributed by atoms with Crippen LogP contribution in [0, 0.1) is 0 Å². The lowest BCUT2D eigenvalue weighted by Crippen LogP contribution is -1.93. The number of aromatic amines is 1. The molecule has 0 spiro atoms. The predicted molar refractivity (Wildman–Crippen MR) is 50.5 cm³/mol. The molecule has 66 valence electrons. The Morgan fingerprint density at radius 3 is 2.85 bits per heavy atom. The molecule has 0 saturated heterocycles. The van der Waals surface area contributed by atoms with E-state index in [-0.39, 0.29) is 0 Å². The van der Waals surface area contributed by atoms with Crippen molar-refractivity contribution in [2.75, 3.05) is 11.1 Å². The minimum Gasteiger partial charge on any atom is -0.397 e. The summed E-state index contributed by atoms with van der Waals surface area (Å²) in [5, 5.41) is 9.54. The molecule has 0 amide bonds. The molecule has 4 N–H and O–H groups in total. The maximum absolute atomic E-state index is 5.49. The molecule has 5 heteroatoms. The molecule has 2 heterocycles. The van der Waals surface area contributed by atoms with Crippen LogP contribution in [0.2, 0.25) is 0 Å². The van der Waals surface area contributed by atoms with Crippen molar-refractivity contribution in [2.45, 2.75) is 0 Å². The summed E-state index contributed by atoms with van der Waals surface area (Å²) in [6.07, 6.45) is 5.03. The number of nitrogen functional groups attached to an aromatic ring is 1. The highest BCUT2D eigenvalue weighted by Gasteiger charge is 1.95. The minimum absolute atomic E-state index is 0.651. The molecule has 0 aromatic carbocycles. The summed E-state index contributed by atoms with van der Waals surface area (Å²) in [7, 11) is 0. The standard InChI is InChI=1S/C8H9N5/c9-6-1-2-8(10-3-6)13-7-4-11-12-5-7/h1-5H,9H2,(H,10,13)(H,11,12). The van der Waals surface area contributed by atoms with Crippen molar-refractivity contribution in [3.8, 4) is 0 Å². The Morgan fingerprint density at radius 2 is 2.23 bits per heavy atom. The largest absolute Gasteiger partial charge is 0.397 e. The first-order valence-corrected chi connectivity index (χ1v) is 3.82. The van der Waals surface area contributed by atoms with Gasteiger partial charge in [-0.3, -0.25) is 5.10 Å². The average molecular weight is 175 g/mol. The Hall–Kier alpha value is -2.04. The number of pyridine rings is 1. The van der Waals surface area contributed by atoms with Crippen LogP contribution in [-0.2, 0) is 0 Å². The van der Waals surface area contributed by atoms with Gasteiger partial charge >= 0.3 is 0 Å². The summed E-state index contributed by atoms with van der Waals surface area (Å²) < 4.78 is 0. The van der Waals surface area contributed by atoms with E-state index in [4.69, 9.17) is 5.73 Å². The lowest BCUT2D eigenvalue weighted by molar-refractivity contribution is 1.09. The van der Waals surface area contributed by atoms with E-state index in [9.17, 15) is 0 Å². The lowest BCUT2D eigenvalue weighted by atomic mass is 10.4. The highest BCUT2D eigenvalue weighted by molar-refractivity contribution is 5.55. The van der Waals surface area contributed by atoms with E-state index in [0.717, 1.165) is 11.5 Å². The fourth-order valence-electron chi connectivity index (χ4n) is 0.946. The fourth-order valence-corrected chi connectivity index (χ4v) is 0.946. The molecule has 0 saturated carbocycles. The number of hydrogen-bond donors (Lipinski definition) is 3. The average Bonchev–Trinajstić information content (AvgIpc) is 2.62. The van der Waals surface area contributed by atoms with Gasteiger partial charge < -0.3 is 11.1 Å². The number of nitrogens with zero attached hydrogens (tertiary/aromatic N) is 2. The van der Waals surface area contributed by atoms with Crippen molar-refractivity contribution in [1.29, 1.82) is 0 Å². The molecule has 0 aliphatic heterocycles. The number of aromatic nitrogens is 3. The molecule has 0 bridgehead atoms. The summed E-state index contributed by atoms with van der Waals surface area (Å²) in [5.41, 5.74) is 7.01. The molecular formula is C8H9N5. The number of H-pyrrole nitrogens is 1. The molecule has 2 aromatic heterocycles. The summed E-state index contributed by atoms with van der Waals surface area (Å²) in [6.45, 7) is 0. The van der Waals surface area contributed by atoms with Crippen molar-refractivity contribution in [3.63, 3.8) is 0 Å². The summed E-state index contributed by atoms with van der Waals surface area (Å²) in [5.74, 6) is 0.746. The van der Waals surface area contributed by atoms with Gasteiger partial charge in [-0.15, -0.1) is 0 Å². The maximum atomic E-state index is 5.49. The highest BCUT2D eigenvalue weighted by Crippen LogP contribution is 2.12. The molecule has 2 rings (SSSR count). The van der Waals surface area contributed by atoms with E-state index in [1.165, 1.54) is 0 Å². The third-order valence-corrected chi connectivity index (χ3v) is 1.56. The van der Waals surface area contributed by atoms with Crippen molar-refractivity contribution in [1.82, 2.24) is 15.2 Å². The van der Waals surface area contributed by atoms with Crippen LogP contribution in [0.25, 0.3) is 0 Å². The van der Waals surface area contributed by atoms with Crippen LogP contribution < -0.4 is 11.1 Å². The van der Waals surface area contributed by atoms with Crippen molar-refractivity contribution >= 4 is 17.2 Å². The van der Waals surface area contributed by atoms with E-state index in [1.54, 1.807) is 24.7 Å². The van der Waals surface area contributed by atoms with Gasteiger partial charge in [-0.25, -0.2) is 4.98 Å². The van der Waals surface area contributed by atoms with Crippen LogP contribution in [-0.4, -0.2) is 15.2 Å². The normalized spacial score (nSPS) is 9.85. The van der Waals surface area contributed by atoms with Crippen LogP contribution in [0.5, 0.6) is 0 Å². The number of rotatable bonds is 2. The Bertz CT molecular complexity index is 364. The van der Waals surface area contributed by atoms with Crippen molar-refractivity contribution in [3.05, 3.63) is 30.7 Å². The monoisotopic (exact) mass is 175 g/mol. The Balaban J connectivity index is 2.15.